The van der Waals surface area contributed by atoms with Gasteiger partial charge in [0.2, 0.25) is 0 Å². The van der Waals surface area contributed by atoms with Gasteiger partial charge in [-0.25, -0.2) is 4.79 Å². The third kappa shape index (κ3) is 9.56. The van der Waals surface area contributed by atoms with E-state index >= 15 is 0 Å². The van der Waals surface area contributed by atoms with Crippen LogP contribution in [0.5, 0.6) is 0 Å². The summed E-state index contributed by atoms with van der Waals surface area (Å²) in [6.45, 7) is 5.03. The van der Waals surface area contributed by atoms with E-state index in [1.54, 1.807) is 6.92 Å². The van der Waals surface area contributed by atoms with Gasteiger partial charge in [-0.3, -0.25) is 0 Å². The van der Waals surface area contributed by atoms with Crippen LogP contribution in [0.4, 0.5) is 4.79 Å². The fourth-order valence-corrected chi connectivity index (χ4v) is 0.549. The van der Waals surface area contributed by atoms with Crippen LogP contribution in [0.1, 0.15) is 26.7 Å². The van der Waals surface area contributed by atoms with Gasteiger partial charge in [0.25, 0.3) is 0 Å². The topological polar surface area (TPSA) is 38.3 Å². The number of hydrogen-bond donors (Lipinski definition) is 1. The smallest absolute Gasteiger partial charge is 0.407 e. The molecule has 1 amide bonds. The molecule has 11 heavy (non-hydrogen) atoms. The van der Waals surface area contributed by atoms with Crippen molar-refractivity contribution in [3.8, 4) is 0 Å². The van der Waals surface area contributed by atoms with Crippen molar-refractivity contribution in [2.45, 2.75) is 26.7 Å². The van der Waals surface area contributed by atoms with Gasteiger partial charge < -0.3 is 10.1 Å². The molecule has 4 heteroatoms. The van der Waals surface area contributed by atoms with Crippen molar-refractivity contribution in [2.24, 2.45) is 0 Å². The molecule has 3 nitrogen and oxygen atoms in total. The Morgan fingerprint density at radius 1 is 1.45 bits per heavy atom. The lowest BCUT2D eigenvalue weighted by molar-refractivity contribution is 0.152. The normalized spacial score (nSPS) is 8.18. The van der Waals surface area contributed by atoms with Gasteiger partial charge in [0.1, 0.15) is 0 Å². The number of nitrogens with one attached hydrogen (secondary N) is 1. The van der Waals surface area contributed by atoms with E-state index in [0.29, 0.717) is 6.61 Å². The van der Waals surface area contributed by atoms with Crippen LogP contribution in [-0.2, 0) is 4.74 Å². The molecule has 0 aliphatic carbocycles. The summed E-state index contributed by atoms with van der Waals surface area (Å²) in [5.41, 5.74) is 0. The maximum atomic E-state index is 10.6. The van der Waals surface area contributed by atoms with Crippen LogP contribution >= 0.6 is 12.4 Å². The molecule has 0 aliphatic rings. The molecule has 0 bridgehead atoms. The van der Waals surface area contributed by atoms with E-state index in [1.165, 1.54) is 0 Å². The molecule has 0 aromatic heterocycles. The minimum atomic E-state index is -0.309. The maximum absolute atomic E-state index is 10.6. The number of unbranched alkanes of at least 4 members (excludes halogenated alkanes) is 1. The van der Waals surface area contributed by atoms with Crippen molar-refractivity contribution in [1.29, 1.82) is 0 Å². The number of halogens is 1. The van der Waals surface area contributed by atoms with Crippen molar-refractivity contribution in [2.75, 3.05) is 13.2 Å². The van der Waals surface area contributed by atoms with Crippen molar-refractivity contribution in [3.05, 3.63) is 0 Å². The first-order valence-corrected chi connectivity index (χ1v) is 3.71. The summed E-state index contributed by atoms with van der Waals surface area (Å²) in [5.74, 6) is 0. The molecule has 0 aromatic rings. The Morgan fingerprint density at radius 3 is 2.55 bits per heavy atom. The van der Waals surface area contributed by atoms with Crippen molar-refractivity contribution in [3.63, 3.8) is 0 Å². The lowest BCUT2D eigenvalue weighted by atomic mass is 10.3. The molecule has 0 saturated carbocycles. The molecule has 0 aromatic carbocycles. The third-order valence-electron chi connectivity index (χ3n) is 1.08. The first-order valence-electron chi connectivity index (χ1n) is 3.71. The molecule has 0 saturated heterocycles. The second-order valence-electron chi connectivity index (χ2n) is 2.00. The highest BCUT2D eigenvalue weighted by molar-refractivity contribution is 5.85. The molecule has 0 aliphatic heterocycles. The number of rotatable bonds is 4. The summed E-state index contributed by atoms with van der Waals surface area (Å²) >= 11 is 0. The van der Waals surface area contributed by atoms with Crippen LogP contribution < -0.4 is 5.32 Å². The highest BCUT2D eigenvalue weighted by atomic mass is 35.5. The molecular formula is C7H16ClNO2. The van der Waals surface area contributed by atoms with Gasteiger partial charge in [-0.05, 0) is 13.3 Å². The summed E-state index contributed by atoms with van der Waals surface area (Å²) in [4.78, 5) is 10.6. The Bertz CT molecular complexity index is 98.4. The molecule has 0 unspecified atom stereocenters. The van der Waals surface area contributed by atoms with E-state index in [4.69, 9.17) is 0 Å². The van der Waals surface area contributed by atoms with Gasteiger partial charge in [0.15, 0.2) is 0 Å². The Labute approximate surface area is 73.9 Å². The summed E-state index contributed by atoms with van der Waals surface area (Å²) in [7, 11) is 0. The second-order valence-corrected chi connectivity index (χ2v) is 2.00. The summed E-state index contributed by atoms with van der Waals surface area (Å²) in [6.07, 6.45) is 1.79. The first kappa shape index (κ1) is 13.2. The van der Waals surface area contributed by atoms with E-state index in [9.17, 15) is 4.79 Å². The zero-order chi connectivity index (χ0) is 7.82. The van der Waals surface area contributed by atoms with Crippen LogP contribution in [0.2, 0.25) is 0 Å². The molecule has 1 N–H and O–H groups in total. The Hall–Kier alpha value is -0.440. The molecule has 0 atom stereocenters. The average Bonchev–Trinajstić information content (AvgIpc) is 1.89. The van der Waals surface area contributed by atoms with E-state index in [0.717, 1.165) is 19.4 Å². The zero-order valence-electron chi connectivity index (χ0n) is 7.05. The lowest BCUT2D eigenvalue weighted by Crippen LogP contribution is -2.24. The minimum absolute atomic E-state index is 0. The summed E-state index contributed by atoms with van der Waals surface area (Å²) < 4.78 is 4.64. The summed E-state index contributed by atoms with van der Waals surface area (Å²) in [6, 6.07) is 0. The van der Waals surface area contributed by atoms with E-state index < -0.39 is 0 Å². The SMILES string of the molecule is CCCCNC(=O)OCC.Cl. The van der Waals surface area contributed by atoms with Crippen LogP contribution in [0, 0.1) is 0 Å². The van der Waals surface area contributed by atoms with Gasteiger partial charge in [-0.1, -0.05) is 13.3 Å². The zero-order valence-corrected chi connectivity index (χ0v) is 7.87. The predicted molar refractivity (Wildman–Crippen MR) is 47.2 cm³/mol. The third-order valence-corrected chi connectivity index (χ3v) is 1.08. The van der Waals surface area contributed by atoms with Crippen LogP contribution in [-0.4, -0.2) is 19.2 Å². The highest BCUT2D eigenvalue weighted by Gasteiger charge is 1.95. The number of carbonyl (C=O) groups is 1. The second kappa shape index (κ2) is 9.56. The van der Waals surface area contributed by atoms with Crippen LogP contribution in [0.25, 0.3) is 0 Å². The fourth-order valence-electron chi connectivity index (χ4n) is 0.549. The molecular weight excluding hydrogens is 166 g/mol. The quantitative estimate of drug-likeness (QED) is 0.674. The average molecular weight is 182 g/mol. The van der Waals surface area contributed by atoms with E-state index in [2.05, 4.69) is 17.0 Å². The van der Waals surface area contributed by atoms with Crippen molar-refractivity contribution < 1.29 is 9.53 Å². The molecule has 68 valence electrons. The number of amides is 1. The highest BCUT2D eigenvalue weighted by Crippen LogP contribution is 1.83. The van der Waals surface area contributed by atoms with Crippen molar-refractivity contribution >= 4 is 18.5 Å². The van der Waals surface area contributed by atoms with Crippen LogP contribution in [0.15, 0.2) is 0 Å². The standard InChI is InChI=1S/C7H15NO2.ClH/c1-3-5-6-8-7(9)10-4-2;/h3-6H2,1-2H3,(H,8,9);1H. The molecule has 0 fully saturated rings. The van der Waals surface area contributed by atoms with Gasteiger partial charge in [-0.2, -0.15) is 0 Å². The number of ether oxygens (including phenoxy) is 1. The molecule has 0 spiro atoms. The Morgan fingerprint density at radius 2 is 2.09 bits per heavy atom. The van der Waals surface area contributed by atoms with Gasteiger partial charge >= 0.3 is 6.09 Å². The molecule has 0 rings (SSSR count). The van der Waals surface area contributed by atoms with Crippen LogP contribution in [0.3, 0.4) is 0 Å². The Balaban J connectivity index is 0. The first-order chi connectivity index (χ1) is 4.81. The molecule has 0 radical (unpaired) electrons. The van der Waals surface area contributed by atoms with E-state index in [1.807, 2.05) is 0 Å². The number of alkyl carbamates (subject to hydrolysis) is 1. The largest absolute Gasteiger partial charge is 0.450 e. The van der Waals surface area contributed by atoms with Gasteiger partial charge in [-0.15, -0.1) is 12.4 Å². The van der Waals surface area contributed by atoms with Crippen molar-refractivity contribution in [1.82, 2.24) is 5.32 Å². The fraction of sp³-hybridized carbons (Fsp3) is 0.857. The monoisotopic (exact) mass is 181 g/mol. The number of hydrogen-bond acceptors (Lipinski definition) is 2. The predicted octanol–water partition coefficient (Wildman–Crippen LogP) is 1.95. The van der Waals surface area contributed by atoms with Gasteiger partial charge in [0, 0.05) is 6.54 Å². The molecule has 0 heterocycles. The Kier molecular flexibility index (Phi) is 11.4. The summed E-state index contributed by atoms with van der Waals surface area (Å²) in [5, 5.41) is 2.62. The van der Waals surface area contributed by atoms with Gasteiger partial charge in [0.05, 0.1) is 6.61 Å². The maximum Gasteiger partial charge on any atom is 0.407 e. The number of carbonyl (C=O) groups excluding carboxylic acids is 1. The lowest BCUT2D eigenvalue weighted by Gasteiger charge is -2.02. The minimum Gasteiger partial charge on any atom is -0.450 e. The van der Waals surface area contributed by atoms with E-state index in [-0.39, 0.29) is 18.5 Å².